The van der Waals surface area contributed by atoms with Gasteiger partial charge in [0.1, 0.15) is 23.2 Å². The zero-order valence-corrected chi connectivity index (χ0v) is 14.9. The second kappa shape index (κ2) is 6.89. The van der Waals surface area contributed by atoms with Crippen molar-refractivity contribution in [3.63, 3.8) is 0 Å². The molecule has 0 saturated carbocycles. The van der Waals surface area contributed by atoms with E-state index in [1.54, 1.807) is 12.1 Å². The fourth-order valence-corrected chi connectivity index (χ4v) is 2.85. The minimum atomic E-state index is -0.909. The Kier molecular flexibility index (Phi) is 4.63. The first-order valence-electron chi connectivity index (χ1n) is 8.39. The molecule has 6 heteroatoms. The monoisotopic (exact) mass is 348 g/mol. The normalized spacial score (nSPS) is 12.1. The molecule has 2 aromatic heterocycles. The van der Waals surface area contributed by atoms with Crippen LogP contribution in [0.1, 0.15) is 25.0 Å². The number of aryl methyl sites for hydroxylation is 1. The maximum Gasteiger partial charge on any atom is 0.326 e. The van der Waals surface area contributed by atoms with Gasteiger partial charge in [0.15, 0.2) is 0 Å². The Hall–Kier alpha value is -3.33. The smallest absolute Gasteiger partial charge is 0.326 e. The summed E-state index contributed by atoms with van der Waals surface area (Å²) in [5, 5.41) is 21.7. The van der Waals surface area contributed by atoms with Gasteiger partial charge in [-0.2, -0.15) is 5.26 Å². The molecule has 2 heterocycles. The highest BCUT2D eigenvalue weighted by Crippen LogP contribution is 2.30. The summed E-state index contributed by atoms with van der Waals surface area (Å²) in [6.45, 7) is 5.70. The lowest BCUT2D eigenvalue weighted by atomic mass is 10.0. The molecule has 1 unspecified atom stereocenters. The number of carboxylic acids is 1. The molecule has 1 aromatic carbocycles. The zero-order chi connectivity index (χ0) is 18.8. The van der Waals surface area contributed by atoms with Gasteiger partial charge in [0.05, 0.1) is 11.6 Å². The lowest BCUT2D eigenvalue weighted by Gasteiger charge is -2.20. The Morgan fingerprint density at radius 2 is 1.92 bits per heavy atom. The summed E-state index contributed by atoms with van der Waals surface area (Å²) in [7, 11) is 0. The number of rotatable bonds is 5. The van der Waals surface area contributed by atoms with Gasteiger partial charge in [0, 0.05) is 11.8 Å². The highest BCUT2D eigenvalue weighted by molar-refractivity contribution is 5.82. The number of nitriles is 1. The summed E-state index contributed by atoms with van der Waals surface area (Å²) in [5.74, 6) is -0.375. The standard InChI is InChI=1S/C20H20N4O2/c1-12(2)17(20(25)26)23-19-18(15-7-5-14(10-21)6-8-15)22-16-9-4-13(3)11-24(16)19/h4-9,11-12,17,23H,1-3H3,(H,25,26). The van der Waals surface area contributed by atoms with Crippen LogP contribution >= 0.6 is 0 Å². The summed E-state index contributed by atoms with van der Waals surface area (Å²) < 4.78 is 1.88. The van der Waals surface area contributed by atoms with Crippen molar-refractivity contribution in [2.75, 3.05) is 5.32 Å². The van der Waals surface area contributed by atoms with Crippen molar-refractivity contribution in [2.45, 2.75) is 26.8 Å². The van der Waals surface area contributed by atoms with Crippen molar-refractivity contribution in [1.82, 2.24) is 9.38 Å². The predicted octanol–water partition coefficient (Wildman–Crippen LogP) is 3.70. The number of pyridine rings is 1. The first-order valence-corrected chi connectivity index (χ1v) is 8.39. The molecule has 0 bridgehead atoms. The van der Waals surface area contributed by atoms with Crippen LogP contribution in [0, 0.1) is 24.2 Å². The van der Waals surface area contributed by atoms with Gasteiger partial charge < -0.3 is 10.4 Å². The second-order valence-electron chi connectivity index (χ2n) is 6.64. The van der Waals surface area contributed by atoms with E-state index >= 15 is 0 Å². The van der Waals surface area contributed by atoms with E-state index in [1.165, 1.54) is 0 Å². The van der Waals surface area contributed by atoms with Crippen molar-refractivity contribution in [1.29, 1.82) is 5.26 Å². The summed E-state index contributed by atoms with van der Waals surface area (Å²) in [4.78, 5) is 16.3. The number of hydrogen-bond acceptors (Lipinski definition) is 4. The maximum atomic E-state index is 11.7. The molecule has 2 N–H and O–H groups in total. The van der Waals surface area contributed by atoms with Crippen LogP contribution < -0.4 is 5.32 Å². The van der Waals surface area contributed by atoms with Gasteiger partial charge in [-0.25, -0.2) is 9.78 Å². The SMILES string of the molecule is Cc1ccc2nc(-c3ccc(C#N)cc3)c(NC(C(=O)O)C(C)C)n2c1. The molecule has 3 aromatic rings. The molecule has 0 radical (unpaired) electrons. The average molecular weight is 348 g/mol. The Morgan fingerprint density at radius 1 is 1.23 bits per heavy atom. The summed E-state index contributed by atoms with van der Waals surface area (Å²) in [6.07, 6.45) is 1.93. The van der Waals surface area contributed by atoms with E-state index in [4.69, 9.17) is 5.26 Å². The number of carboxylic acid groups (broad SMARTS) is 1. The number of aromatic nitrogens is 2. The number of imidazole rings is 1. The molecule has 0 fully saturated rings. The third-order valence-corrected chi connectivity index (χ3v) is 4.28. The van der Waals surface area contributed by atoms with Gasteiger partial charge in [-0.3, -0.25) is 4.40 Å². The fourth-order valence-electron chi connectivity index (χ4n) is 2.85. The van der Waals surface area contributed by atoms with Gasteiger partial charge in [0.2, 0.25) is 0 Å². The number of carbonyl (C=O) groups is 1. The van der Waals surface area contributed by atoms with Crippen LogP contribution in [0.25, 0.3) is 16.9 Å². The Balaban J connectivity index is 2.18. The highest BCUT2D eigenvalue weighted by atomic mass is 16.4. The Labute approximate surface area is 151 Å². The minimum Gasteiger partial charge on any atom is -0.480 e. The van der Waals surface area contributed by atoms with Crippen LogP contribution in [-0.4, -0.2) is 26.5 Å². The molecule has 1 atom stereocenters. The number of aliphatic carboxylic acids is 1. The van der Waals surface area contributed by atoms with E-state index in [2.05, 4.69) is 16.4 Å². The highest BCUT2D eigenvalue weighted by Gasteiger charge is 2.25. The quantitative estimate of drug-likeness (QED) is 0.733. The molecule has 0 aliphatic heterocycles. The van der Waals surface area contributed by atoms with Gasteiger partial charge in [-0.05, 0) is 36.6 Å². The largest absolute Gasteiger partial charge is 0.480 e. The summed E-state index contributed by atoms with van der Waals surface area (Å²) >= 11 is 0. The van der Waals surface area contributed by atoms with Crippen LogP contribution in [0.3, 0.4) is 0 Å². The molecule has 0 spiro atoms. The molecule has 6 nitrogen and oxygen atoms in total. The number of fused-ring (bicyclic) bond motifs is 1. The first-order chi connectivity index (χ1) is 12.4. The molecule has 26 heavy (non-hydrogen) atoms. The van der Waals surface area contributed by atoms with Crippen molar-refractivity contribution < 1.29 is 9.90 Å². The third kappa shape index (κ3) is 3.24. The Bertz CT molecular complexity index is 997. The lowest BCUT2D eigenvalue weighted by molar-refractivity contribution is -0.138. The van der Waals surface area contributed by atoms with E-state index in [0.29, 0.717) is 17.1 Å². The molecule has 0 aliphatic rings. The molecule has 132 valence electrons. The van der Waals surface area contributed by atoms with Crippen LogP contribution in [0.15, 0.2) is 42.6 Å². The summed E-state index contributed by atoms with van der Waals surface area (Å²) in [6, 6.07) is 12.3. The van der Waals surface area contributed by atoms with E-state index < -0.39 is 12.0 Å². The van der Waals surface area contributed by atoms with E-state index in [9.17, 15) is 9.90 Å². The lowest BCUT2D eigenvalue weighted by Crippen LogP contribution is -2.34. The van der Waals surface area contributed by atoms with Gasteiger partial charge in [-0.1, -0.05) is 32.0 Å². The molecule has 3 rings (SSSR count). The third-order valence-electron chi connectivity index (χ3n) is 4.28. The number of nitrogens with one attached hydrogen (secondary N) is 1. The van der Waals surface area contributed by atoms with Crippen molar-refractivity contribution in [3.05, 3.63) is 53.7 Å². The first kappa shape index (κ1) is 17.5. The van der Waals surface area contributed by atoms with Crippen LogP contribution in [-0.2, 0) is 4.79 Å². The van der Waals surface area contributed by atoms with E-state index in [-0.39, 0.29) is 5.92 Å². The predicted molar refractivity (Wildman–Crippen MR) is 100.0 cm³/mol. The number of hydrogen-bond donors (Lipinski definition) is 2. The number of nitrogens with zero attached hydrogens (tertiary/aromatic N) is 3. The molecule has 0 amide bonds. The van der Waals surface area contributed by atoms with E-state index in [1.807, 2.05) is 55.6 Å². The minimum absolute atomic E-state index is 0.100. The molecule has 0 aliphatic carbocycles. The van der Waals surface area contributed by atoms with Crippen LogP contribution in [0.5, 0.6) is 0 Å². The topological polar surface area (TPSA) is 90.4 Å². The van der Waals surface area contributed by atoms with Crippen LogP contribution in [0.4, 0.5) is 5.82 Å². The van der Waals surface area contributed by atoms with Crippen LogP contribution in [0.2, 0.25) is 0 Å². The van der Waals surface area contributed by atoms with Gasteiger partial charge in [-0.15, -0.1) is 0 Å². The average Bonchev–Trinajstić information content (AvgIpc) is 2.96. The van der Waals surface area contributed by atoms with E-state index in [0.717, 1.165) is 16.8 Å². The zero-order valence-electron chi connectivity index (χ0n) is 14.9. The maximum absolute atomic E-state index is 11.7. The second-order valence-corrected chi connectivity index (χ2v) is 6.64. The fraction of sp³-hybridized carbons (Fsp3) is 0.250. The van der Waals surface area contributed by atoms with Gasteiger partial charge >= 0.3 is 5.97 Å². The number of benzene rings is 1. The molecular formula is C20H20N4O2. The Morgan fingerprint density at radius 3 is 2.50 bits per heavy atom. The molecular weight excluding hydrogens is 328 g/mol. The molecule has 0 saturated heterocycles. The van der Waals surface area contributed by atoms with Crippen molar-refractivity contribution in [2.24, 2.45) is 5.92 Å². The number of anilines is 1. The van der Waals surface area contributed by atoms with Crippen molar-refractivity contribution in [3.8, 4) is 17.3 Å². The summed E-state index contributed by atoms with van der Waals surface area (Å²) in [5.41, 5.74) is 3.81. The van der Waals surface area contributed by atoms with Gasteiger partial charge in [0.25, 0.3) is 0 Å². The van der Waals surface area contributed by atoms with Crippen molar-refractivity contribution >= 4 is 17.4 Å².